The van der Waals surface area contributed by atoms with Crippen LogP contribution in [0, 0.1) is 0 Å². The Morgan fingerprint density at radius 2 is 1.71 bits per heavy atom. The van der Waals surface area contributed by atoms with Crippen LogP contribution in [0.15, 0.2) is 112 Å². The van der Waals surface area contributed by atoms with Gasteiger partial charge in [0.15, 0.2) is 4.80 Å². The summed E-state index contributed by atoms with van der Waals surface area (Å²) in [5, 5.41) is 0.688. The zero-order chi connectivity index (χ0) is 28.6. The van der Waals surface area contributed by atoms with E-state index >= 15 is 0 Å². The highest BCUT2D eigenvalue weighted by Crippen LogP contribution is 2.41. The zero-order valence-electron chi connectivity index (χ0n) is 22.9. The van der Waals surface area contributed by atoms with Crippen LogP contribution < -0.4 is 24.4 Å². The molecule has 1 aliphatic carbocycles. The minimum atomic E-state index is -0.242. The number of thiazole rings is 1. The highest BCUT2D eigenvalue weighted by atomic mass is 35.5. The van der Waals surface area contributed by atoms with Crippen LogP contribution >= 0.6 is 22.9 Å². The SMILES string of the molecule is COc1ccc([C@H]2C3=C(N=c4s/c(=C\c5ccccc5OCc5ccc(Cl)cc5)c(=O)n42)c2ccccc2CC3)cc1. The van der Waals surface area contributed by atoms with E-state index in [1.54, 1.807) is 7.11 Å². The molecule has 1 atom stereocenters. The number of allylic oxidation sites excluding steroid dienone is 1. The summed E-state index contributed by atoms with van der Waals surface area (Å²) in [5.74, 6) is 1.49. The van der Waals surface area contributed by atoms with Crippen molar-refractivity contribution in [1.29, 1.82) is 0 Å². The zero-order valence-corrected chi connectivity index (χ0v) is 24.5. The average Bonchev–Trinajstić information content (AvgIpc) is 3.34. The van der Waals surface area contributed by atoms with Gasteiger partial charge in [0.05, 0.1) is 23.4 Å². The van der Waals surface area contributed by atoms with Crippen molar-refractivity contribution in [2.45, 2.75) is 25.5 Å². The normalized spacial score (nSPS) is 15.9. The Morgan fingerprint density at radius 3 is 2.52 bits per heavy atom. The van der Waals surface area contributed by atoms with Gasteiger partial charge in [-0.25, -0.2) is 4.99 Å². The van der Waals surface area contributed by atoms with Gasteiger partial charge in [-0.3, -0.25) is 9.36 Å². The number of rotatable bonds is 6. The van der Waals surface area contributed by atoms with Crippen LogP contribution in [0.4, 0.5) is 0 Å². The van der Waals surface area contributed by atoms with Crippen LogP contribution in [-0.2, 0) is 13.0 Å². The maximum Gasteiger partial charge on any atom is 0.271 e. The van der Waals surface area contributed by atoms with E-state index in [1.807, 2.05) is 71.3 Å². The molecular formula is C35H27ClN2O3S. The van der Waals surface area contributed by atoms with Crippen molar-refractivity contribution in [3.05, 3.63) is 155 Å². The van der Waals surface area contributed by atoms with Crippen LogP contribution in [0.3, 0.4) is 0 Å². The van der Waals surface area contributed by atoms with E-state index in [2.05, 4.69) is 36.4 Å². The number of aryl methyl sites for hydroxylation is 1. The Kier molecular flexibility index (Phi) is 7.02. The summed E-state index contributed by atoms with van der Waals surface area (Å²) < 4.78 is 14.1. The number of para-hydroxylation sites is 1. The molecule has 0 bridgehead atoms. The highest BCUT2D eigenvalue weighted by molar-refractivity contribution is 7.07. The fourth-order valence-electron chi connectivity index (χ4n) is 5.72. The molecule has 1 aromatic heterocycles. The standard InChI is InChI=1S/C35H27ClN2O3S/c1-40-27-17-12-24(13-18-27)33-29-19-14-23-6-2-4-8-28(23)32(29)37-35-38(33)34(39)31(42-35)20-25-7-3-5-9-30(25)41-21-22-10-15-26(36)16-11-22/h2-13,15-18,20,33H,14,19,21H2,1H3/b31-20-/t33-/m0/s1. The molecule has 2 heterocycles. The van der Waals surface area contributed by atoms with E-state index in [1.165, 1.54) is 22.5 Å². The van der Waals surface area contributed by atoms with Crippen molar-refractivity contribution < 1.29 is 9.47 Å². The number of methoxy groups -OCH3 is 1. The second kappa shape index (κ2) is 11.1. The summed E-state index contributed by atoms with van der Waals surface area (Å²) in [5.41, 5.74) is 7.43. The van der Waals surface area contributed by atoms with Gasteiger partial charge in [-0.2, -0.15) is 0 Å². The Balaban J connectivity index is 1.35. The molecule has 1 aliphatic heterocycles. The first-order valence-electron chi connectivity index (χ1n) is 13.8. The van der Waals surface area contributed by atoms with Crippen LogP contribution in [-0.4, -0.2) is 11.7 Å². The molecule has 5 aromatic rings. The molecule has 7 rings (SSSR count). The maximum atomic E-state index is 14.1. The maximum absolute atomic E-state index is 14.1. The van der Waals surface area contributed by atoms with Crippen molar-refractivity contribution in [3.8, 4) is 11.5 Å². The Labute approximate surface area is 252 Å². The highest BCUT2D eigenvalue weighted by Gasteiger charge is 2.32. The number of ether oxygens (including phenoxy) is 2. The first-order valence-corrected chi connectivity index (χ1v) is 15.0. The number of nitrogens with zero attached hydrogens (tertiary/aromatic N) is 2. The third-order valence-corrected chi connectivity index (χ3v) is 9.05. The summed E-state index contributed by atoms with van der Waals surface area (Å²) in [4.78, 5) is 20.0. The number of aromatic nitrogens is 1. The van der Waals surface area contributed by atoms with Gasteiger partial charge in [0, 0.05) is 16.1 Å². The minimum Gasteiger partial charge on any atom is -0.497 e. The average molecular weight is 591 g/mol. The van der Waals surface area contributed by atoms with Gasteiger partial charge in [-0.15, -0.1) is 0 Å². The lowest BCUT2D eigenvalue weighted by Gasteiger charge is -2.30. The number of halogens is 1. The number of fused-ring (bicyclic) bond motifs is 3. The van der Waals surface area contributed by atoms with E-state index in [0.717, 1.165) is 46.5 Å². The van der Waals surface area contributed by atoms with Crippen molar-refractivity contribution in [2.75, 3.05) is 7.11 Å². The Morgan fingerprint density at radius 1 is 0.952 bits per heavy atom. The molecule has 0 radical (unpaired) electrons. The van der Waals surface area contributed by atoms with Gasteiger partial charge in [-0.05, 0) is 71.5 Å². The minimum absolute atomic E-state index is 0.0579. The van der Waals surface area contributed by atoms with Crippen LogP contribution in [0.1, 0.15) is 40.3 Å². The smallest absolute Gasteiger partial charge is 0.271 e. The molecule has 5 nitrogen and oxygen atoms in total. The van der Waals surface area contributed by atoms with Crippen molar-refractivity contribution in [3.63, 3.8) is 0 Å². The van der Waals surface area contributed by atoms with Gasteiger partial charge < -0.3 is 9.47 Å². The van der Waals surface area contributed by atoms with Crippen molar-refractivity contribution in [2.24, 2.45) is 4.99 Å². The van der Waals surface area contributed by atoms with E-state index in [9.17, 15) is 4.79 Å². The molecule has 7 heteroatoms. The Hall–Kier alpha value is -4.39. The Bertz CT molecular complexity index is 2010. The summed E-state index contributed by atoms with van der Waals surface area (Å²) in [6.07, 6.45) is 3.68. The largest absolute Gasteiger partial charge is 0.497 e. The van der Waals surface area contributed by atoms with Gasteiger partial charge in [0.1, 0.15) is 18.1 Å². The molecule has 2 aliphatic rings. The fourth-order valence-corrected chi connectivity index (χ4v) is 6.84. The molecule has 0 unspecified atom stereocenters. The van der Waals surface area contributed by atoms with E-state index in [4.69, 9.17) is 26.1 Å². The number of hydrogen-bond acceptors (Lipinski definition) is 5. The summed E-state index contributed by atoms with van der Waals surface area (Å²) in [6, 6.07) is 31.6. The van der Waals surface area contributed by atoms with E-state index < -0.39 is 0 Å². The molecule has 208 valence electrons. The molecule has 0 saturated carbocycles. The lowest BCUT2D eigenvalue weighted by Crippen LogP contribution is -2.38. The second-order valence-electron chi connectivity index (χ2n) is 10.3. The molecule has 0 saturated heterocycles. The van der Waals surface area contributed by atoms with Crippen molar-refractivity contribution in [1.82, 2.24) is 4.57 Å². The van der Waals surface area contributed by atoms with Gasteiger partial charge >= 0.3 is 0 Å². The summed E-state index contributed by atoms with van der Waals surface area (Å²) >= 11 is 7.45. The topological polar surface area (TPSA) is 52.8 Å². The molecule has 0 spiro atoms. The monoisotopic (exact) mass is 590 g/mol. The molecule has 4 aromatic carbocycles. The summed E-state index contributed by atoms with van der Waals surface area (Å²) in [7, 11) is 1.66. The molecule has 0 fully saturated rings. The summed E-state index contributed by atoms with van der Waals surface area (Å²) in [6.45, 7) is 0.396. The first-order chi connectivity index (χ1) is 20.6. The van der Waals surface area contributed by atoms with E-state index in [-0.39, 0.29) is 11.6 Å². The number of benzene rings is 4. The lowest BCUT2D eigenvalue weighted by molar-refractivity contribution is 0.305. The molecule has 42 heavy (non-hydrogen) atoms. The van der Waals surface area contributed by atoms with Gasteiger partial charge in [-0.1, -0.05) is 89.7 Å². The predicted octanol–water partition coefficient (Wildman–Crippen LogP) is 6.56. The van der Waals surface area contributed by atoms with Crippen LogP contribution in [0.5, 0.6) is 11.5 Å². The van der Waals surface area contributed by atoms with Gasteiger partial charge in [0.25, 0.3) is 5.56 Å². The molecule has 0 N–H and O–H groups in total. The van der Waals surface area contributed by atoms with E-state index in [0.29, 0.717) is 26.7 Å². The lowest BCUT2D eigenvalue weighted by atomic mass is 9.83. The van der Waals surface area contributed by atoms with Crippen molar-refractivity contribution >= 4 is 34.7 Å². The van der Waals surface area contributed by atoms with Crippen LogP contribution in [0.25, 0.3) is 11.8 Å². The number of hydrogen-bond donors (Lipinski definition) is 0. The first kappa shape index (κ1) is 26.5. The quantitative estimate of drug-likeness (QED) is 0.225. The van der Waals surface area contributed by atoms with Gasteiger partial charge in [0.2, 0.25) is 0 Å². The predicted molar refractivity (Wildman–Crippen MR) is 168 cm³/mol. The van der Waals surface area contributed by atoms with Crippen LogP contribution in [0.2, 0.25) is 5.02 Å². The second-order valence-corrected chi connectivity index (χ2v) is 11.8. The molecule has 0 amide bonds. The third-order valence-electron chi connectivity index (χ3n) is 7.82. The third kappa shape index (κ3) is 4.87. The fraction of sp³-hybridized carbons (Fsp3) is 0.143. The molecular weight excluding hydrogens is 564 g/mol.